The number of thioether (sulfide) groups is 1. The molecule has 3 aliphatic rings. The van der Waals surface area contributed by atoms with E-state index in [0.717, 1.165) is 36.2 Å². The molecule has 0 N–H and O–H groups in total. The Morgan fingerprint density at radius 1 is 1.38 bits per heavy atom. The molecule has 21 heavy (non-hydrogen) atoms. The minimum absolute atomic E-state index is 0.0931. The van der Waals surface area contributed by atoms with Gasteiger partial charge in [0, 0.05) is 12.2 Å². The zero-order chi connectivity index (χ0) is 15.0. The summed E-state index contributed by atoms with van der Waals surface area (Å²) in [6, 6.07) is -0.261. The average Bonchev–Trinajstić information content (AvgIpc) is 2.98. The van der Waals surface area contributed by atoms with Crippen LogP contribution in [0, 0.1) is 5.92 Å². The molecule has 0 bridgehead atoms. The van der Waals surface area contributed by atoms with Crippen LogP contribution < -0.4 is 0 Å². The van der Waals surface area contributed by atoms with Gasteiger partial charge in [0.15, 0.2) is 5.78 Å². The SMILES string of the molecule is CSC[C@H]1COC(=O)N1C(=O)C1=C2CCCCC2CC1=O. The van der Waals surface area contributed by atoms with Crippen molar-refractivity contribution in [2.75, 3.05) is 18.6 Å². The normalized spacial score (nSPS) is 28.9. The first-order chi connectivity index (χ1) is 10.1. The molecule has 2 fully saturated rings. The van der Waals surface area contributed by atoms with Crippen LogP contribution in [0.2, 0.25) is 0 Å². The Hall–Kier alpha value is -1.30. The summed E-state index contributed by atoms with van der Waals surface area (Å²) in [6.45, 7) is 0.228. The number of imide groups is 1. The van der Waals surface area contributed by atoms with E-state index in [2.05, 4.69) is 0 Å². The highest BCUT2D eigenvalue weighted by molar-refractivity contribution is 7.98. The van der Waals surface area contributed by atoms with Gasteiger partial charge in [-0.05, 0) is 31.4 Å². The van der Waals surface area contributed by atoms with Gasteiger partial charge in [-0.2, -0.15) is 11.8 Å². The van der Waals surface area contributed by atoms with E-state index in [4.69, 9.17) is 4.74 Å². The number of nitrogens with zero attached hydrogens (tertiary/aromatic N) is 1. The minimum Gasteiger partial charge on any atom is -0.447 e. The predicted octanol–water partition coefficient (Wildman–Crippen LogP) is 2.16. The molecule has 2 atom stereocenters. The molecule has 114 valence electrons. The summed E-state index contributed by atoms with van der Waals surface area (Å²) in [5.74, 6) is 0.339. The summed E-state index contributed by atoms with van der Waals surface area (Å²) in [7, 11) is 0. The second-order valence-corrected chi connectivity index (χ2v) is 6.74. The molecule has 1 saturated carbocycles. The van der Waals surface area contributed by atoms with Gasteiger partial charge in [0.25, 0.3) is 5.91 Å². The van der Waals surface area contributed by atoms with Gasteiger partial charge in [-0.3, -0.25) is 9.59 Å². The Labute approximate surface area is 128 Å². The van der Waals surface area contributed by atoms with Gasteiger partial charge in [-0.1, -0.05) is 12.0 Å². The van der Waals surface area contributed by atoms with Crippen LogP contribution in [-0.4, -0.2) is 47.3 Å². The molecule has 2 amide bonds. The fraction of sp³-hybridized carbons (Fsp3) is 0.667. The summed E-state index contributed by atoms with van der Waals surface area (Å²) in [6.07, 6.45) is 5.68. The summed E-state index contributed by atoms with van der Waals surface area (Å²) in [5.41, 5.74) is 1.27. The lowest BCUT2D eigenvalue weighted by Gasteiger charge is -2.22. The molecule has 1 unspecified atom stereocenters. The molecule has 0 aromatic heterocycles. The van der Waals surface area contributed by atoms with Crippen LogP contribution >= 0.6 is 11.8 Å². The lowest BCUT2D eigenvalue weighted by Crippen LogP contribution is -2.42. The van der Waals surface area contributed by atoms with E-state index >= 15 is 0 Å². The maximum absolute atomic E-state index is 12.7. The number of hydrogen-bond acceptors (Lipinski definition) is 5. The summed E-state index contributed by atoms with van der Waals surface area (Å²) in [5, 5.41) is 0. The third-order valence-corrected chi connectivity index (χ3v) is 5.24. The first-order valence-electron chi connectivity index (χ1n) is 7.39. The second kappa shape index (κ2) is 5.83. The van der Waals surface area contributed by atoms with Crippen LogP contribution in [0.5, 0.6) is 0 Å². The first-order valence-corrected chi connectivity index (χ1v) is 8.78. The number of fused-ring (bicyclic) bond motifs is 1. The second-order valence-electron chi connectivity index (χ2n) is 5.83. The fourth-order valence-electron chi connectivity index (χ4n) is 3.55. The quantitative estimate of drug-likeness (QED) is 0.748. The van der Waals surface area contributed by atoms with Crippen LogP contribution in [-0.2, 0) is 14.3 Å². The molecule has 0 aromatic rings. The van der Waals surface area contributed by atoms with Crippen LogP contribution in [0.1, 0.15) is 32.1 Å². The maximum atomic E-state index is 12.7. The first kappa shape index (κ1) is 14.6. The lowest BCUT2D eigenvalue weighted by atomic mass is 9.85. The van der Waals surface area contributed by atoms with Crippen LogP contribution in [0.4, 0.5) is 4.79 Å². The van der Waals surface area contributed by atoms with E-state index in [1.807, 2.05) is 6.26 Å². The zero-order valence-electron chi connectivity index (χ0n) is 12.1. The molecule has 0 spiro atoms. The highest BCUT2D eigenvalue weighted by Gasteiger charge is 2.44. The number of rotatable bonds is 3. The van der Waals surface area contributed by atoms with Crippen molar-refractivity contribution in [1.82, 2.24) is 4.90 Å². The van der Waals surface area contributed by atoms with E-state index in [-0.39, 0.29) is 29.9 Å². The minimum atomic E-state index is -0.612. The fourth-order valence-corrected chi connectivity index (χ4v) is 4.18. The van der Waals surface area contributed by atoms with E-state index in [1.54, 1.807) is 11.8 Å². The third-order valence-electron chi connectivity index (χ3n) is 4.53. The predicted molar refractivity (Wildman–Crippen MR) is 79.0 cm³/mol. The molecular weight excluding hydrogens is 290 g/mol. The van der Waals surface area contributed by atoms with E-state index < -0.39 is 12.0 Å². The van der Waals surface area contributed by atoms with Crippen LogP contribution in [0.15, 0.2) is 11.1 Å². The molecule has 5 nitrogen and oxygen atoms in total. The van der Waals surface area contributed by atoms with Gasteiger partial charge in [0.1, 0.15) is 6.61 Å². The molecule has 0 aromatic carbocycles. The van der Waals surface area contributed by atoms with Crippen molar-refractivity contribution in [3.8, 4) is 0 Å². The Morgan fingerprint density at radius 2 is 2.19 bits per heavy atom. The monoisotopic (exact) mass is 309 g/mol. The van der Waals surface area contributed by atoms with E-state index in [9.17, 15) is 14.4 Å². The standard InChI is InChI=1S/C15H19NO4S/c1-21-8-10-7-20-15(19)16(10)14(18)13-11-5-3-2-4-9(11)6-12(13)17/h9-10H,2-8H2,1H3/t9?,10-/m1/s1. The van der Waals surface area contributed by atoms with Crippen molar-refractivity contribution in [2.45, 2.75) is 38.1 Å². The Kier molecular flexibility index (Phi) is 4.06. The lowest BCUT2D eigenvalue weighted by molar-refractivity contribution is -0.127. The number of amides is 2. The van der Waals surface area contributed by atoms with Gasteiger partial charge >= 0.3 is 6.09 Å². The molecule has 1 saturated heterocycles. The molecule has 6 heteroatoms. The number of hydrogen-bond donors (Lipinski definition) is 0. The maximum Gasteiger partial charge on any atom is 0.417 e. The number of ether oxygens (including phenoxy) is 1. The third kappa shape index (κ3) is 2.50. The van der Waals surface area contributed by atoms with Crippen LogP contribution in [0.3, 0.4) is 0 Å². The van der Waals surface area contributed by atoms with Crippen molar-refractivity contribution in [1.29, 1.82) is 0 Å². The van der Waals surface area contributed by atoms with Gasteiger partial charge in [-0.25, -0.2) is 9.69 Å². The van der Waals surface area contributed by atoms with Gasteiger partial charge < -0.3 is 4.74 Å². The molecular formula is C15H19NO4S. The van der Waals surface area contributed by atoms with E-state index in [1.165, 1.54) is 0 Å². The Bertz CT molecular complexity index is 528. The van der Waals surface area contributed by atoms with Crippen molar-refractivity contribution < 1.29 is 19.1 Å². The molecule has 3 rings (SSSR count). The highest BCUT2D eigenvalue weighted by Crippen LogP contribution is 2.41. The molecule has 0 radical (unpaired) electrons. The van der Waals surface area contributed by atoms with Crippen molar-refractivity contribution >= 4 is 29.5 Å². The molecule has 1 aliphatic heterocycles. The molecule has 2 aliphatic carbocycles. The number of carbonyl (C=O) groups excluding carboxylic acids is 3. The van der Waals surface area contributed by atoms with E-state index in [0.29, 0.717) is 12.2 Å². The number of carbonyl (C=O) groups is 3. The van der Waals surface area contributed by atoms with Gasteiger partial charge in [0.2, 0.25) is 0 Å². The largest absolute Gasteiger partial charge is 0.447 e. The zero-order valence-corrected chi connectivity index (χ0v) is 12.9. The highest BCUT2D eigenvalue weighted by atomic mass is 32.2. The number of cyclic esters (lactones) is 1. The average molecular weight is 309 g/mol. The van der Waals surface area contributed by atoms with Crippen LogP contribution in [0.25, 0.3) is 0 Å². The summed E-state index contributed by atoms with van der Waals surface area (Å²) >= 11 is 1.56. The summed E-state index contributed by atoms with van der Waals surface area (Å²) in [4.78, 5) is 38.0. The van der Waals surface area contributed by atoms with Crippen molar-refractivity contribution in [3.63, 3.8) is 0 Å². The topological polar surface area (TPSA) is 63.7 Å². The Morgan fingerprint density at radius 3 is 2.95 bits per heavy atom. The van der Waals surface area contributed by atoms with Gasteiger partial charge in [0.05, 0.1) is 11.6 Å². The Balaban J connectivity index is 1.89. The number of allylic oxidation sites excluding steroid dienone is 1. The molecule has 1 heterocycles. The van der Waals surface area contributed by atoms with Crippen molar-refractivity contribution in [3.05, 3.63) is 11.1 Å². The van der Waals surface area contributed by atoms with Gasteiger partial charge in [-0.15, -0.1) is 0 Å². The van der Waals surface area contributed by atoms with Crippen molar-refractivity contribution in [2.24, 2.45) is 5.92 Å². The smallest absolute Gasteiger partial charge is 0.417 e. The number of Topliss-reactive ketones (excluding diaryl/α,β-unsaturated/α-hetero) is 1. The summed E-state index contributed by atoms with van der Waals surface area (Å²) < 4.78 is 5.00. The number of ketones is 1.